The van der Waals surface area contributed by atoms with Crippen LogP contribution in [0.1, 0.15) is 41.0 Å². The Labute approximate surface area is 129 Å². The van der Waals surface area contributed by atoms with Gasteiger partial charge in [0, 0.05) is 25.7 Å². The number of nitrogens with zero attached hydrogens (tertiary/aromatic N) is 1. The molecule has 0 saturated heterocycles. The standard InChI is InChI=1S/C15H32N4O2/c1-12(2)7-9-21-10-8-17-14(16-6)18-11-13(20)19-15(3,4)5/h12H,7-11H2,1-6H3,(H,19,20)(H2,16,17,18). The summed E-state index contributed by atoms with van der Waals surface area (Å²) in [5.41, 5.74) is -0.222. The Bertz CT molecular complexity index is 322. The van der Waals surface area contributed by atoms with Crippen LogP contribution in [-0.4, -0.2) is 50.8 Å². The SMILES string of the molecule is CN=C(NCCOCCC(C)C)NCC(=O)NC(C)(C)C. The number of guanidine groups is 1. The molecule has 6 heteroatoms. The fraction of sp³-hybridized carbons (Fsp3) is 0.867. The third kappa shape index (κ3) is 13.4. The maximum atomic E-state index is 11.7. The van der Waals surface area contributed by atoms with Crippen LogP contribution in [0.3, 0.4) is 0 Å². The van der Waals surface area contributed by atoms with Crippen molar-refractivity contribution in [2.45, 2.75) is 46.6 Å². The first kappa shape index (κ1) is 19.7. The zero-order valence-corrected chi connectivity index (χ0v) is 14.4. The van der Waals surface area contributed by atoms with Crippen molar-refractivity contribution < 1.29 is 9.53 Å². The van der Waals surface area contributed by atoms with Crippen molar-refractivity contribution in [3.8, 4) is 0 Å². The molecule has 21 heavy (non-hydrogen) atoms. The van der Waals surface area contributed by atoms with Crippen LogP contribution in [-0.2, 0) is 9.53 Å². The van der Waals surface area contributed by atoms with Gasteiger partial charge in [0.05, 0.1) is 13.2 Å². The van der Waals surface area contributed by atoms with Crippen LogP contribution in [0.25, 0.3) is 0 Å². The van der Waals surface area contributed by atoms with Crippen LogP contribution in [0, 0.1) is 5.92 Å². The van der Waals surface area contributed by atoms with E-state index in [1.807, 2.05) is 20.8 Å². The highest BCUT2D eigenvalue weighted by Crippen LogP contribution is 1.98. The van der Waals surface area contributed by atoms with Crippen molar-refractivity contribution in [1.82, 2.24) is 16.0 Å². The van der Waals surface area contributed by atoms with Gasteiger partial charge in [-0.05, 0) is 33.1 Å². The van der Waals surface area contributed by atoms with Crippen molar-refractivity contribution in [1.29, 1.82) is 0 Å². The molecule has 0 unspecified atom stereocenters. The van der Waals surface area contributed by atoms with Gasteiger partial charge in [-0.25, -0.2) is 0 Å². The lowest BCUT2D eigenvalue weighted by atomic mass is 10.1. The molecule has 0 bridgehead atoms. The summed E-state index contributed by atoms with van der Waals surface area (Å²) in [4.78, 5) is 15.7. The van der Waals surface area contributed by atoms with Crippen LogP contribution in [0.2, 0.25) is 0 Å². The minimum Gasteiger partial charge on any atom is -0.380 e. The molecular formula is C15H32N4O2. The summed E-state index contributed by atoms with van der Waals surface area (Å²) in [6, 6.07) is 0. The molecule has 0 radical (unpaired) electrons. The molecule has 0 heterocycles. The van der Waals surface area contributed by atoms with E-state index in [0.29, 0.717) is 25.0 Å². The molecule has 0 aliphatic rings. The Morgan fingerprint density at radius 3 is 2.38 bits per heavy atom. The van der Waals surface area contributed by atoms with E-state index in [9.17, 15) is 4.79 Å². The van der Waals surface area contributed by atoms with Gasteiger partial charge in [-0.2, -0.15) is 0 Å². The molecule has 0 aromatic heterocycles. The molecule has 0 aliphatic heterocycles. The Morgan fingerprint density at radius 1 is 1.19 bits per heavy atom. The highest BCUT2D eigenvalue weighted by Gasteiger charge is 2.13. The fourth-order valence-corrected chi connectivity index (χ4v) is 1.51. The van der Waals surface area contributed by atoms with E-state index in [4.69, 9.17) is 4.74 Å². The van der Waals surface area contributed by atoms with Gasteiger partial charge in [0.1, 0.15) is 0 Å². The average molecular weight is 300 g/mol. The number of carbonyl (C=O) groups is 1. The topological polar surface area (TPSA) is 74.8 Å². The fourth-order valence-electron chi connectivity index (χ4n) is 1.51. The van der Waals surface area contributed by atoms with Gasteiger partial charge in [0.15, 0.2) is 5.96 Å². The molecule has 0 aromatic rings. The number of aliphatic imine (C=N–C) groups is 1. The summed E-state index contributed by atoms with van der Waals surface area (Å²) in [6.07, 6.45) is 1.07. The summed E-state index contributed by atoms with van der Waals surface area (Å²) < 4.78 is 5.51. The Morgan fingerprint density at radius 2 is 1.86 bits per heavy atom. The van der Waals surface area contributed by atoms with Gasteiger partial charge in [0.2, 0.25) is 5.91 Å². The third-order valence-corrected chi connectivity index (χ3v) is 2.53. The summed E-state index contributed by atoms with van der Waals surface area (Å²) in [5, 5.41) is 8.97. The average Bonchev–Trinajstić information content (AvgIpc) is 2.34. The zero-order chi connectivity index (χ0) is 16.3. The Kier molecular flexibility index (Phi) is 9.78. The molecule has 0 spiro atoms. The highest BCUT2D eigenvalue weighted by atomic mass is 16.5. The van der Waals surface area contributed by atoms with E-state index >= 15 is 0 Å². The summed E-state index contributed by atoms with van der Waals surface area (Å²) in [6.45, 7) is 12.5. The maximum absolute atomic E-state index is 11.7. The van der Waals surface area contributed by atoms with Crippen LogP contribution < -0.4 is 16.0 Å². The minimum atomic E-state index is -0.222. The van der Waals surface area contributed by atoms with Gasteiger partial charge < -0.3 is 20.7 Å². The van der Waals surface area contributed by atoms with Gasteiger partial charge >= 0.3 is 0 Å². The van der Waals surface area contributed by atoms with Crippen LogP contribution in [0.5, 0.6) is 0 Å². The Balaban J connectivity index is 3.75. The van der Waals surface area contributed by atoms with Crippen molar-refractivity contribution in [2.24, 2.45) is 10.9 Å². The van der Waals surface area contributed by atoms with Gasteiger partial charge in [-0.1, -0.05) is 13.8 Å². The predicted molar refractivity (Wildman–Crippen MR) is 87.5 cm³/mol. The number of ether oxygens (including phenoxy) is 1. The van der Waals surface area contributed by atoms with Gasteiger partial charge in [0.25, 0.3) is 0 Å². The normalized spacial score (nSPS) is 12.4. The lowest BCUT2D eigenvalue weighted by molar-refractivity contribution is -0.121. The van der Waals surface area contributed by atoms with Gasteiger partial charge in [-0.3, -0.25) is 9.79 Å². The first-order chi connectivity index (χ1) is 9.74. The van der Waals surface area contributed by atoms with E-state index in [1.165, 1.54) is 0 Å². The van der Waals surface area contributed by atoms with E-state index in [-0.39, 0.29) is 18.0 Å². The summed E-state index contributed by atoms with van der Waals surface area (Å²) >= 11 is 0. The molecule has 0 rings (SSSR count). The number of amides is 1. The molecule has 0 fully saturated rings. The summed E-state index contributed by atoms with van der Waals surface area (Å²) in [7, 11) is 1.68. The molecule has 0 saturated carbocycles. The molecule has 0 aromatic carbocycles. The quantitative estimate of drug-likeness (QED) is 0.357. The van der Waals surface area contributed by atoms with Crippen molar-refractivity contribution in [2.75, 3.05) is 33.4 Å². The van der Waals surface area contributed by atoms with Crippen LogP contribution in [0.15, 0.2) is 4.99 Å². The molecule has 124 valence electrons. The second-order valence-corrected chi connectivity index (χ2v) is 6.45. The lowest BCUT2D eigenvalue weighted by Gasteiger charge is -2.21. The van der Waals surface area contributed by atoms with E-state index < -0.39 is 0 Å². The summed E-state index contributed by atoms with van der Waals surface area (Å²) in [5.74, 6) is 1.21. The maximum Gasteiger partial charge on any atom is 0.239 e. The number of rotatable bonds is 8. The number of carbonyl (C=O) groups excluding carboxylic acids is 1. The lowest BCUT2D eigenvalue weighted by Crippen LogP contribution is -2.48. The molecule has 0 atom stereocenters. The number of hydrogen-bond acceptors (Lipinski definition) is 3. The van der Waals surface area contributed by atoms with Crippen LogP contribution >= 0.6 is 0 Å². The smallest absolute Gasteiger partial charge is 0.239 e. The van der Waals surface area contributed by atoms with Crippen molar-refractivity contribution >= 4 is 11.9 Å². The number of nitrogens with one attached hydrogen (secondary N) is 3. The second kappa shape index (κ2) is 10.4. The Hall–Kier alpha value is -1.30. The predicted octanol–water partition coefficient (Wildman–Crippen LogP) is 1.13. The van der Waals surface area contributed by atoms with E-state index in [2.05, 4.69) is 34.8 Å². The van der Waals surface area contributed by atoms with E-state index in [1.54, 1.807) is 7.05 Å². The monoisotopic (exact) mass is 300 g/mol. The molecule has 1 amide bonds. The zero-order valence-electron chi connectivity index (χ0n) is 14.4. The largest absolute Gasteiger partial charge is 0.380 e. The van der Waals surface area contributed by atoms with Crippen LogP contribution in [0.4, 0.5) is 0 Å². The van der Waals surface area contributed by atoms with Crippen molar-refractivity contribution in [3.63, 3.8) is 0 Å². The number of hydrogen-bond donors (Lipinski definition) is 3. The highest BCUT2D eigenvalue weighted by molar-refractivity contribution is 5.86. The second-order valence-electron chi connectivity index (χ2n) is 6.45. The minimum absolute atomic E-state index is 0.0568. The molecule has 0 aliphatic carbocycles. The molecule has 6 nitrogen and oxygen atoms in total. The van der Waals surface area contributed by atoms with Crippen molar-refractivity contribution in [3.05, 3.63) is 0 Å². The first-order valence-corrected chi connectivity index (χ1v) is 7.58. The van der Waals surface area contributed by atoms with E-state index in [0.717, 1.165) is 13.0 Å². The first-order valence-electron chi connectivity index (χ1n) is 7.58. The van der Waals surface area contributed by atoms with Gasteiger partial charge in [-0.15, -0.1) is 0 Å². The molecular weight excluding hydrogens is 268 g/mol. The third-order valence-electron chi connectivity index (χ3n) is 2.53. The molecule has 3 N–H and O–H groups in total.